The van der Waals surface area contributed by atoms with Crippen LogP contribution in [0.3, 0.4) is 0 Å². The average molecular weight is 339 g/mol. The molecule has 0 aliphatic carbocycles. The summed E-state index contributed by atoms with van der Waals surface area (Å²) in [6.45, 7) is 10.5. The van der Waals surface area contributed by atoms with Crippen LogP contribution >= 0.6 is 11.6 Å². The number of nitrogens with one attached hydrogen (secondary N) is 1. The van der Waals surface area contributed by atoms with Crippen molar-refractivity contribution in [3.63, 3.8) is 0 Å². The third-order valence-corrected chi connectivity index (χ3v) is 5.42. The van der Waals surface area contributed by atoms with Gasteiger partial charge in [0, 0.05) is 35.8 Å². The maximum Gasteiger partial charge on any atom is 0.216 e. The highest BCUT2D eigenvalue weighted by molar-refractivity contribution is 6.31. The van der Waals surface area contributed by atoms with Crippen molar-refractivity contribution in [3.05, 3.63) is 28.3 Å². The van der Waals surface area contributed by atoms with Gasteiger partial charge in [0.2, 0.25) is 6.41 Å². The molecular formula is C18H27ClN2O2. The van der Waals surface area contributed by atoms with Crippen molar-refractivity contribution in [1.82, 2.24) is 4.90 Å². The Morgan fingerprint density at radius 3 is 2.57 bits per heavy atom. The third-order valence-electron chi connectivity index (χ3n) is 5.01. The van der Waals surface area contributed by atoms with E-state index in [1.807, 2.05) is 32.6 Å². The van der Waals surface area contributed by atoms with Crippen molar-refractivity contribution >= 4 is 17.3 Å². The summed E-state index contributed by atoms with van der Waals surface area (Å²) in [5, 5.41) is 14.7. The molecule has 2 N–H and O–H groups in total. The Morgan fingerprint density at radius 1 is 1.30 bits per heavy atom. The maximum atomic E-state index is 10.3. The molecule has 1 spiro atoms. The summed E-state index contributed by atoms with van der Waals surface area (Å²) in [4.78, 5) is 2.02. The van der Waals surface area contributed by atoms with Crippen molar-refractivity contribution in [3.8, 4) is 0 Å². The number of ether oxygens (including phenoxy) is 1. The van der Waals surface area contributed by atoms with Gasteiger partial charge in [0.05, 0.1) is 5.60 Å². The van der Waals surface area contributed by atoms with Crippen LogP contribution in [0.1, 0.15) is 44.7 Å². The molecule has 0 saturated carbocycles. The SMILES string of the molecule is Cc1cc2c(cc1Cl)C1(CCN(C(O)OC(C)(C)C)CC1)CN2. The van der Waals surface area contributed by atoms with E-state index in [1.54, 1.807) is 0 Å². The number of hydrogen-bond acceptors (Lipinski definition) is 4. The zero-order valence-electron chi connectivity index (χ0n) is 14.4. The second-order valence-electron chi connectivity index (χ2n) is 7.87. The molecule has 0 radical (unpaired) electrons. The molecule has 4 nitrogen and oxygen atoms in total. The van der Waals surface area contributed by atoms with Gasteiger partial charge in [0.1, 0.15) is 0 Å². The van der Waals surface area contributed by atoms with Gasteiger partial charge in [0.15, 0.2) is 0 Å². The molecular weight excluding hydrogens is 312 g/mol. The minimum Gasteiger partial charge on any atom is -0.384 e. The van der Waals surface area contributed by atoms with E-state index in [0.717, 1.165) is 43.1 Å². The highest BCUT2D eigenvalue weighted by Crippen LogP contribution is 2.45. The van der Waals surface area contributed by atoms with Crippen LogP contribution in [0.15, 0.2) is 12.1 Å². The molecule has 2 aliphatic rings. The van der Waals surface area contributed by atoms with E-state index in [9.17, 15) is 5.11 Å². The van der Waals surface area contributed by atoms with Crippen molar-refractivity contribution in [2.45, 2.75) is 58.0 Å². The Hall–Kier alpha value is -0.810. The van der Waals surface area contributed by atoms with Crippen LogP contribution < -0.4 is 5.32 Å². The van der Waals surface area contributed by atoms with Crippen LogP contribution in [-0.4, -0.2) is 41.7 Å². The summed E-state index contributed by atoms with van der Waals surface area (Å²) in [5.74, 6) is 0. The first kappa shape index (κ1) is 17.0. The van der Waals surface area contributed by atoms with Crippen LogP contribution in [-0.2, 0) is 10.2 Å². The van der Waals surface area contributed by atoms with Gasteiger partial charge in [0.25, 0.3) is 0 Å². The molecule has 23 heavy (non-hydrogen) atoms. The first-order valence-corrected chi connectivity index (χ1v) is 8.72. The predicted molar refractivity (Wildman–Crippen MR) is 94.0 cm³/mol. The predicted octanol–water partition coefficient (Wildman–Crippen LogP) is 3.50. The molecule has 128 valence electrons. The molecule has 1 aromatic rings. The fourth-order valence-electron chi connectivity index (χ4n) is 3.64. The van der Waals surface area contributed by atoms with E-state index in [-0.39, 0.29) is 11.0 Å². The number of likely N-dealkylation sites (tertiary alicyclic amines) is 1. The molecule has 1 atom stereocenters. The van der Waals surface area contributed by atoms with E-state index >= 15 is 0 Å². The molecule has 1 aromatic carbocycles. The lowest BCUT2D eigenvalue weighted by atomic mass is 9.74. The summed E-state index contributed by atoms with van der Waals surface area (Å²) >= 11 is 6.35. The van der Waals surface area contributed by atoms with E-state index < -0.39 is 6.41 Å². The monoisotopic (exact) mass is 338 g/mol. The normalized spacial score (nSPS) is 22.0. The van der Waals surface area contributed by atoms with Crippen molar-refractivity contribution in [2.24, 2.45) is 0 Å². The number of halogens is 1. The van der Waals surface area contributed by atoms with Gasteiger partial charge in [-0.3, -0.25) is 4.90 Å². The van der Waals surface area contributed by atoms with Crippen LogP contribution in [0, 0.1) is 6.92 Å². The Kier molecular flexibility index (Phi) is 4.38. The van der Waals surface area contributed by atoms with Crippen LogP contribution in [0.25, 0.3) is 0 Å². The van der Waals surface area contributed by atoms with Crippen LogP contribution in [0.2, 0.25) is 5.02 Å². The molecule has 1 fully saturated rings. The van der Waals surface area contributed by atoms with Crippen molar-refractivity contribution < 1.29 is 9.84 Å². The van der Waals surface area contributed by atoms with Crippen LogP contribution in [0.4, 0.5) is 5.69 Å². The summed E-state index contributed by atoms with van der Waals surface area (Å²) < 4.78 is 5.68. The molecule has 0 bridgehead atoms. The Bertz CT molecular complexity index is 589. The smallest absolute Gasteiger partial charge is 0.216 e. The molecule has 3 rings (SSSR count). The lowest BCUT2D eigenvalue weighted by Gasteiger charge is -2.42. The minimum absolute atomic E-state index is 0.130. The number of fused-ring (bicyclic) bond motifs is 2. The van der Waals surface area contributed by atoms with Crippen LogP contribution in [0.5, 0.6) is 0 Å². The number of benzene rings is 1. The second kappa shape index (κ2) is 5.92. The average Bonchev–Trinajstić information content (AvgIpc) is 2.77. The highest BCUT2D eigenvalue weighted by Gasteiger charge is 2.43. The largest absolute Gasteiger partial charge is 0.384 e. The first-order valence-electron chi connectivity index (χ1n) is 8.35. The fraction of sp³-hybridized carbons (Fsp3) is 0.667. The number of aliphatic hydroxyl groups is 1. The Labute approximate surface area is 143 Å². The fourth-order valence-corrected chi connectivity index (χ4v) is 3.80. The molecule has 5 heteroatoms. The quantitative estimate of drug-likeness (QED) is 0.810. The van der Waals surface area contributed by atoms with Gasteiger partial charge in [-0.2, -0.15) is 0 Å². The lowest BCUT2D eigenvalue weighted by molar-refractivity contribution is -0.243. The van der Waals surface area contributed by atoms with E-state index in [1.165, 1.54) is 11.3 Å². The number of nitrogens with zero attached hydrogens (tertiary/aromatic N) is 1. The maximum absolute atomic E-state index is 10.3. The van der Waals surface area contributed by atoms with Crippen molar-refractivity contribution in [2.75, 3.05) is 25.0 Å². The zero-order chi connectivity index (χ0) is 16.8. The number of piperidine rings is 1. The van der Waals surface area contributed by atoms with E-state index in [4.69, 9.17) is 16.3 Å². The molecule has 2 aliphatic heterocycles. The summed E-state index contributed by atoms with van der Waals surface area (Å²) in [6, 6.07) is 4.28. The second-order valence-corrected chi connectivity index (χ2v) is 8.28. The first-order chi connectivity index (χ1) is 10.7. The lowest BCUT2D eigenvalue weighted by Crippen LogP contribution is -2.50. The van der Waals surface area contributed by atoms with Gasteiger partial charge in [-0.1, -0.05) is 11.6 Å². The number of aliphatic hydroxyl groups excluding tert-OH is 1. The highest BCUT2D eigenvalue weighted by atomic mass is 35.5. The molecule has 1 unspecified atom stereocenters. The van der Waals surface area contributed by atoms with Gasteiger partial charge in [-0.15, -0.1) is 0 Å². The Morgan fingerprint density at radius 2 is 1.96 bits per heavy atom. The molecule has 2 heterocycles. The number of anilines is 1. The molecule has 0 amide bonds. The number of hydrogen-bond donors (Lipinski definition) is 2. The summed E-state index contributed by atoms with van der Waals surface area (Å²) in [6.07, 6.45) is 1.16. The topological polar surface area (TPSA) is 44.7 Å². The van der Waals surface area contributed by atoms with Crippen molar-refractivity contribution in [1.29, 1.82) is 0 Å². The third kappa shape index (κ3) is 3.36. The summed E-state index contributed by atoms with van der Waals surface area (Å²) in [5.41, 5.74) is 3.44. The summed E-state index contributed by atoms with van der Waals surface area (Å²) in [7, 11) is 0. The van der Waals surface area contributed by atoms with E-state index in [0.29, 0.717) is 0 Å². The molecule has 0 aromatic heterocycles. The standard InChI is InChI=1S/C18H27ClN2O2/c1-12-9-15-13(10-14(12)19)18(11-20-15)5-7-21(8-6-18)16(22)23-17(2,3)4/h9-10,16,20,22H,5-8,11H2,1-4H3. The number of aryl methyl sites for hydroxylation is 1. The van der Waals surface area contributed by atoms with E-state index in [2.05, 4.69) is 17.4 Å². The number of rotatable bonds is 2. The van der Waals surface area contributed by atoms with Gasteiger partial charge in [-0.25, -0.2) is 0 Å². The zero-order valence-corrected chi connectivity index (χ0v) is 15.2. The van der Waals surface area contributed by atoms with Gasteiger partial charge >= 0.3 is 0 Å². The molecule has 1 saturated heterocycles. The van der Waals surface area contributed by atoms with Gasteiger partial charge in [-0.05, 0) is 63.8 Å². The minimum atomic E-state index is -0.831. The Balaban J connectivity index is 1.72. The van der Waals surface area contributed by atoms with Gasteiger partial charge < -0.3 is 15.2 Å².